The van der Waals surface area contributed by atoms with E-state index in [2.05, 4.69) is 34.7 Å². The molecule has 8 heteroatoms. The molecule has 1 aromatic carbocycles. The van der Waals surface area contributed by atoms with Crippen molar-refractivity contribution in [1.82, 2.24) is 15.5 Å². The lowest BCUT2D eigenvalue weighted by Gasteiger charge is -2.17. The molecule has 0 bridgehead atoms. The Hall–Kier alpha value is -2.58. The third kappa shape index (κ3) is 6.86. The molecule has 2 rings (SSSR count). The van der Waals surface area contributed by atoms with Crippen LogP contribution in [0, 0.1) is 0 Å². The van der Waals surface area contributed by atoms with Crippen molar-refractivity contribution in [3.63, 3.8) is 0 Å². The number of urea groups is 1. The summed E-state index contributed by atoms with van der Waals surface area (Å²) in [6, 6.07) is 10.5. The number of para-hydroxylation sites is 2. The number of amides is 3. The van der Waals surface area contributed by atoms with Crippen LogP contribution in [0.5, 0.6) is 0 Å². The monoisotopic (exact) mass is 403 g/mol. The summed E-state index contributed by atoms with van der Waals surface area (Å²) in [5.41, 5.74) is 6.95. The summed E-state index contributed by atoms with van der Waals surface area (Å²) >= 11 is 1.34. The molecule has 28 heavy (non-hydrogen) atoms. The second kappa shape index (κ2) is 11.3. The largest absolute Gasteiger partial charge is 0.397 e. The number of hydrogen-bond donors (Lipinski definition) is 4. The fourth-order valence-corrected chi connectivity index (χ4v) is 3.51. The molecule has 5 N–H and O–H groups in total. The van der Waals surface area contributed by atoms with Gasteiger partial charge in [0.1, 0.15) is 0 Å². The highest BCUT2D eigenvalue weighted by molar-refractivity contribution is 7.14. The lowest BCUT2D eigenvalue weighted by atomic mass is 10.2. The Balaban J connectivity index is 1.73. The number of benzene rings is 1. The number of nitrogens with one attached hydrogen (secondary N) is 3. The molecule has 0 unspecified atom stereocenters. The molecule has 7 nitrogen and oxygen atoms in total. The summed E-state index contributed by atoms with van der Waals surface area (Å²) in [6.07, 6.45) is 0.918. The maximum Gasteiger partial charge on any atom is 0.315 e. The van der Waals surface area contributed by atoms with E-state index < -0.39 is 0 Å². The summed E-state index contributed by atoms with van der Waals surface area (Å²) in [5.74, 6) is -0.213. The summed E-state index contributed by atoms with van der Waals surface area (Å²) in [4.78, 5) is 28.0. The van der Waals surface area contributed by atoms with Crippen molar-refractivity contribution in [1.29, 1.82) is 0 Å². The summed E-state index contributed by atoms with van der Waals surface area (Å²) < 4.78 is 0. The number of carbonyl (C=O) groups excluding carboxylic acids is 2. The van der Waals surface area contributed by atoms with Gasteiger partial charge in [-0.15, -0.1) is 11.3 Å². The Morgan fingerprint density at radius 3 is 2.54 bits per heavy atom. The Morgan fingerprint density at radius 2 is 1.82 bits per heavy atom. The van der Waals surface area contributed by atoms with Crippen LogP contribution in [0.4, 0.5) is 16.2 Å². The van der Waals surface area contributed by atoms with E-state index >= 15 is 0 Å². The van der Waals surface area contributed by atoms with Crippen molar-refractivity contribution in [2.75, 3.05) is 37.2 Å². The Kier molecular flexibility index (Phi) is 8.77. The minimum absolute atomic E-state index is 0.198. The molecule has 1 aromatic heterocycles. The molecule has 0 aliphatic heterocycles. The number of thiophene rings is 1. The van der Waals surface area contributed by atoms with Crippen molar-refractivity contribution < 1.29 is 9.59 Å². The molecule has 1 heterocycles. The van der Waals surface area contributed by atoms with Crippen LogP contribution < -0.4 is 21.7 Å². The van der Waals surface area contributed by atoms with Gasteiger partial charge in [-0.3, -0.25) is 4.79 Å². The SMILES string of the molecule is CCN(CC)CCCNC(=O)NCc1ccc(C(=O)Nc2ccccc2N)s1. The third-order valence-corrected chi connectivity index (χ3v) is 5.43. The number of rotatable bonds is 10. The van der Waals surface area contributed by atoms with Gasteiger partial charge < -0.3 is 26.6 Å². The van der Waals surface area contributed by atoms with Gasteiger partial charge in [-0.2, -0.15) is 0 Å². The predicted octanol–water partition coefficient (Wildman–Crippen LogP) is 3.11. The van der Waals surface area contributed by atoms with Crippen molar-refractivity contribution >= 4 is 34.6 Å². The Morgan fingerprint density at radius 1 is 1.07 bits per heavy atom. The summed E-state index contributed by atoms with van der Waals surface area (Å²) in [5, 5.41) is 8.48. The first-order valence-electron chi connectivity index (χ1n) is 9.52. The smallest absolute Gasteiger partial charge is 0.315 e. The van der Waals surface area contributed by atoms with E-state index in [0.717, 1.165) is 30.9 Å². The van der Waals surface area contributed by atoms with E-state index in [9.17, 15) is 9.59 Å². The second-order valence-corrected chi connectivity index (χ2v) is 7.47. The molecule has 0 saturated carbocycles. The van der Waals surface area contributed by atoms with Crippen LogP contribution in [-0.2, 0) is 6.54 Å². The molecule has 0 spiro atoms. The molecule has 152 valence electrons. The zero-order chi connectivity index (χ0) is 20.4. The van der Waals surface area contributed by atoms with Gasteiger partial charge in [-0.25, -0.2) is 4.79 Å². The van der Waals surface area contributed by atoms with E-state index in [0.29, 0.717) is 29.3 Å². The van der Waals surface area contributed by atoms with E-state index in [-0.39, 0.29) is 11.9 Å². The predicted molar refractivity (Wildman–Crippen MR) is 116 cm³/mol. The minimum Gasteiger partial charge on any atom is -0.397 e. The number of carbonyl (C=O) groups is 2. The first-order chi connectivity index (χ1) is 13.5. The molecule has 0 atom stereocenters. The Bertz CT molecular complexity index is 773. The highest BCUT2D eigenvalue weighted by Gasteiger charge is 2.11. The summed E-state index contributed by atoms with van der Waals surface area (Å²) in [7, 11) is 0. The zero-order valence-corrected chi connectivity index (χ0v) is 17.3. The van der Waals surface area contributed by atoms with Crippen molar-refractivity contribution in [3.05, 3.63) is 46.2 Å². The van der Waals surface area contributed by atoms with Crippen LogP contribution in [0.2, 0.25) is 0 Å². The van der Waals surface area contributed by atoms with Gasteiger partial charge in [0.25, 0.3) is 5.91 Å². The van der Waals surface area contributed by atoms with Gasteiger partial charge in [-0.1, -0.05) is 26.0 Å². The molecular formula is C20H29N5O2S. The van der Waals surface area contributed by atoms with Crippen LogP contribution in [-0.4, -0.2) is 43.0 Å². The Labute approximate surface area is 170 Å². The minimum atomic E-state index is -0.213. The average molecular weight is 404 g/mol. The molecule has 0 aliphatic carbocycles. The topological polar surface area (TPSA) is 99.5 Å². The number of nitrogen functional groups attached to an aromatic ring is 1. The molecule has 3 amide bonds. The van der Waals surface area contributed by atoms with Gasteiger partial charge in [0.15, 0.2) is 0 Å². The van der Waals surface area contributed by atoms with Gasteiger partial charge >= 0.3 is 6.03 Å². The molecular weight excluding hydrogens is 374 g/mol. The maximum absolute atomic E-state index is 12.3. The van der Waals surface area contributed by atoms with Gasteiger partial charge in [0.2, 0.25) is 0 Å². The van der Waals surface area contributed by atoms with Crippen molar-refractivity contribution in [3.8, 4) is 0 Å². The summed E-state index contributed by atoms with van der Waals surface area (Å²) in [6.45, 7) is 8.30. The second-order valence-electron chi connectivity index (χ2n) is 6.30. The number of anilines is 2. The standard InChI is InChI=1S/C20H29N5O2S/c1-3-25(4-2)13-7-12-22-20(27)23-14-15-10-11-18(28-15)19(26)24-17-9-6-5-8-16(17)21/h5-6,8-11H,3-4,7,12-14,21H2,1-2H3,(H,24,26)(H2,22,23,27). The average Bonchev–Trinajstić information content (AvgIpc) is 3.17. The quantitative estimate of drug-likeness (QED) is 0.362. The molecule has 0 radical (unpaired) electrons. The normalized spacial score (nSPS) is 10.7. The fraction of sp³-hybridized carbons (Fsp3) is 0.400. The molecule has 2 aromatic rings. The lowest BCUT2D eigenvalue weighted by Crippen LogP contribution is -2.36. The number of hydrogen-bond acceptors (Lipinski definition) is 5. The fourth-order valence-electron chi connectivity index (χ4n) is 2.66. The zero-order valence-electron chi connectivity index (χ0n) is 16.5. The molecule has 0 aliphatic rings. The van der Waals surface area contributed by atoms with Gasteiger partial charge in [0.05, 0.1) is 22.8 Å². The number of nitrogens with two attached hydrogens (primary N) is 1. The van der Waals surface area contributed by atoms with Gasteiger partial charge in [-0.05, 0) is 50.3 Å². The van der Waals surface area contributed by atoms with Crippen LogP contribution in [0.15, 0.2) is 36.4 Å². The van der Waals surface area contributed by atoms with E-state index in [1.54, 1.807) is 18.2 Å². The molecule has 0 saturated heterocycles. The van der Waals surface area contributed by atoms with Gasteiger partial charge in [0, 0.05) is 11.4 Å². The van der Waals surface area contributed by atoms with Crippen LogP contribution in [0.25, 0.3) is 0 Å². The van der Waals surface area contributed by atoms with E-state index in [4.69, 9.17) is 5.73 Å². The van der Waals surface area contributed by atoms with Crippen molar-refractivity contribution in [2.24, 2.45) is 0 Å². The van der Waals surface area contributed by atoms with Crippen LogP contribution in [0.1, 0.15) is 34.8 Å². The highest BCUT2D eigenvalue weighted by Crippen LogP contribution is 2.21. The van der Waals surface area contributed by atoms with Crippen molar-refractivity contribution in [2.45, 2.75) is 26.8 Å². The van der Waals surface area contributed by atoms with Crippen LogP contribution in [0.3, 0.4) is 0 Å². The maximum atomic E-state index is 12.3. The first-order valence-corrected chi connectivity index (χ1v) is 10.3. The highest BCUT2D eigenvalue weighted by atomic mass is 32.1. The number of nitrogens with zero attached hydrogens (tertiary/aromatic N) is 1. The third-order valence-electron chi connectivity index (χ3n) is 4.35. The lowest BCUT2D eigenvalue weighted by molar-refractivity contribution is 0.103. The van der Waals surface area contributed by atoms with Crippen LogP contribution >= 0.6 is 11.3 Å². The van der Waals surface area contributed by atoms with E-state index in [1.165, 1.54) is 11.3 Å². The first kappa shape index (κ1) is 21.7. The molecule has 0 fully saturated rings. The van der Waals surface area contributed by atoms with E-state index in [1.807, 2.05) is 18.2 Å².